The Bertz CT molecular complexity index is 200. The van der Waals surface area contributed by atoms with Crippen molar-refractivity contribution in [3.05, 3.63) is 0 Å². The minimum atomic E-state index is -0.519. The molecule has 1 fully saturated rings. The van der Waals surface area contributed by atoms with Gasteiger partial charge in [0.2, 0.25) is 0 Å². The number of ether oxygens (including phenoxy) is 2. The Morgan fingerprint density at radius 1 is 1.14 bits per heavy atom. The molecule has 0 unspecified atom stereocenters. The zero-order valence-electron chi connectivity index (χ0n) is 8.30. The topological polar surface area (TPSA) is 70.5 Å². The molecule has 0 spiro atoms. The number of hydrogen-bond donors (Lipinski definition) is 2. The smallest absolute Gasteiger partial charge is 0.173 e. The molecule has 2 atom stereocenters. The average molecular weight is 426 g/mol. The molecule has 1 rings (SSSR count). The van der Waals surface area contributed by atoms with E-state index in [4.69, 9.17) is 20.9 Å². The fourth-order valence-electron chi connectivity index (χ4n) is 1.24. The minimum absolute atomic E-state index is 0.212. The minimum Gasteiger partial charge on any atom is -0.330 e. The fraction of sp³-hybridized carbons (Fsp3) is 1.00. The first kappa shape index (κ1) is 13.4. The quantitative estimate of drug-likeness (QED) is 0.526. The molecule has 0 radical (unpaired) electrons. The van der Waals surface area contributed by atoms with Gasteiger partial charge in [-0.3, -0.25) is 0 Å². The highest BCUT2D eigenvalue weighted by Gasteiger charge is 2.57. The summed E-state index contributed by atoms with van der Waals surface area (Å²) < 4.78 is 10.6. The Labute approximate surface area is 112 Å². The van der Waals surface area contributed by atoms with Gasteiger partial charge in [-0.05, 0) is 45.2 Å². The summed E-state index contributed by atoms with van der Waals surface area (Å²) in [5.74, 6) is 0.305. The molecule has 0 aromatic carbocycles. The van der Waals surface area contributed by atoms with Gasteiger partial charge in [0.05, 0.1) is 0 Å². The lowest BCUT2D eigenvalue weighted by atomic mass is 10.2. The molecule has 0 saturated carbocycles. The second-order valence-corrected chi connectivity index (χ2v) is 7.20. The molecule has 1 aliphatic heterocycles. The predicted molar refractivity (Wildman–Crippen MR) is 72.4 cm³/mol. The molecular formula is C8H16I2N2O2. The maximum absolute atomic E-state index is 5.82. The van der Waals surface area contributed by atoms with E-state index in [2.05, 4.69) is 59.0 Å². The summed E-state index contributed by atoms with van der Waals surface area (Å²) in [5, 5.41) is 0. The number of hydrogen-bond acceptors (Lipinski definition) is 4. The fourth-order valence-corrected chi connectivity index (χ4v) is 2.44. The average Bonchev–Trinajstić information content (AvgIpc) is 2.41. The van der Waals surface area contributed by atoms with Crippen LogP contribution < -0.4 is 11.5 Å². The van der Waals surface area contributed by atoms with Gasteiger partial charge in [0.15, 0.2) is 13.5 Å². The molecular weight excluding hydrogens is 410 g/mol. The van der Waals surface area contributed by atoms with Crippen molar-refractivity contribution < 1.29 is 9.47 Å². The first-order chi connectivity index (χ1) is 6.38. The maximum Gasteiger partial charge on any atom is 0.173 e. The molecule has 0 aromatic rings. The third kappa shape index (κ3) is 2.19. The van der Waals surface area contributed by atoms with Crippen molar-refractivity contribution in [2.45, 2.75) is 27.4 Å². The van der Waals surface area contributed by atoms with Crippen LogP contribution >= 0.6 is 45.2 Å². The molecule has 0 aliphatic carbocycles. The Morgan fingerprint density at radius 2 is 1.50 bits per heavy atom. The van der Waals surface area contributed by atoms with Crippen molar-refractivity contribution in [3.63, 3.8) is 0 Å². The Morgan fingerprint density at radius 3 is 1.71 bits per heavy atom. The third-order valence-electron chi connectivity index (χ3n) is 2.23. The zero-order valence-corrected chi connectivity index (χ0v) is 12.6. The second-order valence-electron chi connectivity index (χ2n) is 3.71. The lowest BCUT2D eigenvalue weighted by Gasteiger charge is -2.31. The van der Waals surface area contributed by atoms with E-state index in [0.29, 0.717) is 19.0 Å². The lowest BCUT2D eigenvalue weighted by molar-refractivity contribution is -0.0971. The first-order valence-electron chi connectivity index (χ1n) is 4.52. The number of nitrogens with two attached hydrogens (primary N) is 2. The summed E-state index contributed by atoms with van der Waals surface area (Å²) in [4.78, 5) is 0. The summed E-state index contributed by atoms with van der Waals surface area (Å²) in [5.41, 5.74) is 11.4. The van der Waals surface area contributed by atoms with Crippen LogP contribution in [0.15, 0.2) is 0 Å². The molecule has 14 heavy (non-hydrogen) atoms. The van der Waals surface area contributed by atoms with Crippen molar-refractivity contribution in [1.82, 2.24) is 0 Å². The first-order valence-corrected chi connectivity index (χ1v) is 6.68. The third-order valence-corrected chi connectivity index (χ3v) is 6.40. The Kier molecular flexibility index (Phi) is 4.45. The largest absolute Gasteiger partial charge is 0.330 e. The molecule has 4 N–H and O–H groups in total. The van der Waals surface area contributed by atoms with Gasteiger partial charge in [-0.15, -0.1) is 0 Å². The van der Waals surface area contributed by atoms with Crippen LogP contribution in [-0.2, 0) is 9.47 Å². The summed E-state index contributed by atoms with van der Waals surface area (Å²) >= 11 is 4.39. The molecule has 84 valence electrons. The Balaban J connectivity index is 2.86. The van der Waals surface area contributed by atoms with Gasteiger partial charge in [-0.25, -0.2) is 0 Å². The summed E-state index contributed by atoms with van der Waals surface area (Å²) in [6, 6.07) is 0. The molecule has 1 aliphatic rings. The van der Waals surface area contributed by atoms with Crippen molar-refractivity contribution in [2.24, 2.45) is 17.4 Å². The van der Waals surface area contributed by atoms with E-state index in [1.807, 2.05) is 0 Å². The molecule has 0 bridgehead atoms. The zero-order chi connectivity index (χ0) is 11.0. The van der Waals surface area contributed by atoms with Gasteiger partial charge in [0, 0.05) is 19.0 Å². The van der Waals surface area contributed by atoms with Crippen molar-refractivity contribution >= 4 is 45.2 Å². The second kappa shape index (κ2) is 4.66. The maximum atomic E-state index is 5.82. The monoisotopic (exact) mass is 426 g/mol. The standard InChI is InChI=1S/C8H16I2N2O2/c1-5(2)6-13-7(9,3-11)8(10,4-12)14-6/h5-6H,3-4,11-12H2,1-2H3/t7-,8-/m0/s1. The van der Waals surface area contributed by atoms with E-state index in [1.54, 1.807) is 0 Å². The molecule has 0 aromatic heterocycles. The van der Waals surface area contributed by atoms with Crippen LogP contribution in [0.2, 0.25) is 0 Å². The summed E-state index contributed by atoms with van der Waals surface area (Å²) in [7, 11) is 0. The number of alkyl halides is 2. The molecule has 0 amide bonds. The van der Waals surface area contributed by atoms with Crippen LogP contribution in [0.4, 0.5) is 0 Å². The van der Waals surface area contributed by atoms with Crippen molar-refractivity contribution in [3.8, 4) is 0 Å². The summed E-state index contributed by atoms with van der Waals surface area (Å²) in [6.07, 6.45) is -0.212. The van der Waals surface area contributed by atoms with Gasteiger partial charge >= 0.3 is 0 Å². The lowest BCUT2D eigenvalue weighted by Crippen LogP contribution is -2.51. The van der Waals surface area contributed by atoms with Crippen molar-refractivity contribution in [1.29, 1.82) is 0 Å². The van der Waals surface area contributed by atoms with E-state index in [1.165, 1.54) is 0 Å². The van der Waals surface area contributed by atoms with Gasteiger partial charge in [0.1, 0.15) is 0 Å². The number of rotatable bonds is 3. The van der Waals surface area contributed by atoms with E-state index >= 15 is 0 Å². The highest BCUT2D eigenvalue weighted by Crippen LogP contribution is 2.48. The summed E-state index contributed by atoms with van der Waals surface area (Å²) in [6.45, 7) is 4.90. The van der Waals surface area contributed by atoms with Gasteiger partial charge in [0.25, 0.3) is 0 Å². The van der Waals surface area contributed by atoms with Gasteiger partial charge in [-0.1, -0.05) is 13.8 Å². The highest BCUT2D eigenvalue weighted by atomic mass is 127. The van der Waals surface area contributed by atoms with E-state index in [0.717, 1.165) is 0 Å². The van der Waals surface area contributed by atoms with Gasteiger partial charge < -0.3 is 20.9 Å². The SMILES string of the molecule is CC(C)C1O[C@@](I)(CN)[C@](I)(CN)O1. The molecule has 6 heteroatoms. The van der Waals surface area contributed by atoms with Crippen LogP contribution in [0.5, 0.6) is 0 Å². The van der Waals surface area contributed by atoms with Gasteiger partial charge in [-0.2, -0.15) is 0 Å². The van der Waals surface area contributed by atoms with E-state index < -0.39 is 7.22 Å². The van der Waals surface area contributed by atoms with Crippen LogP contribution in [0, 0.1) is 5.92 Å². The van der Waals surface area contributed by atoms with Crippen molar-refractivity contribution in [2.75, 3.05) is 13.1 Å². The van der Waals surface area contributed by atoms with E-state index in [9.17, 15) is 0 Å². The highest BCUT2D eigenvalue weighted by molar-refractivity contribution is 14.1. The van der Waals surface area contributed by atoms with Crippen LogP contribution in [0.25, 0.3) is 0 Å². The predicted octanol–water partition coefficient (Wildman–Crippen LogP) is 1.20. The van der Waals surface area contributed by atoms with E-state index in [-0.39, 0.29) is 6.29 Å². The normalized spacial score (nSPS) is 39.6. The molecule has 1 saturated heterocycles. The molecule has 1 heterocycles. The number of halogens is 2. The van der Waals surface area contributed by atoms with Crippen LogP contribution in [-0.4, -0.2) is 26.6 Å². The Hall–Kier alpha value is 1.30. The molecule has 4 nitrogen and oxygen atoms in total. The van der Waals surface area contributed by atoms with Crippen LogP contribution in [0.1, 0.15) is 13.8 Å². The van der Waals surface area contributed by atoms with Crippen LogP contribution in [0.3, 0.4) is 0 Å².